The summed E-state index contributed by atoms with van der Waals surface area (Å²) in [6, 6.07) is 31.6. The highest BCUT2D eigenvalue weighted by atomic mass is 16.6. The predicted octanol–water partition coefficient (Wildman–Crippen LogP) is 5.89. The molecular weight excluding hydrogens is 927 g/mol. The number of hydrogen-bond donors (Lipinski definition) is 1. The van der Waals surface area contributed by atoms with Crippen LogP contribution in [0.2, 0.25) is 0 Å². The lowest BCUT2D eigenvalue weighted by Gasteiger charge is -2.18. The van der Waals surface area contributed by atoms with E-state index in [2.05, 4.69) is 21.3 Å². The first-order chi connectivity index (χ1) is 34.6. The normalized spacial score (nSPS) is 10.9. The van der Waals surface area contributed by atoms with E-state index in [4.69, 9.17) is 16.3 Å². The highest BCUT2D eigenvalue weighted by molar-refractivity contribution is 5.77. The summed E-state index contributed by atoms with van der Waals surface area (Å²) in [7, 11) is 3.47. The second-order valence-corrected chi connectivity index (χ2v) is 15.9. The number of nitriles is 2. The predicted molar refractivity (Wildman–Crippen MR) is 267 cm³/mol. The average molecular weight is 970 g/mol. The fourth-order valence-corrected chi connectivity index (χ4v) is 7.63. The lowest BCUT2D eigenvalue weighted by Crippen LogP contribution is -2.41. The molecule has 362 valence electrons. The van der Waals surface area contributed by atoms with E-state index in [1.165, 1.54) is 75.1 Å². The van der Waals surface area contributed by atoms with Gasteiger partial charge < -0.3 is 10.6 Å². The van der Waals surface area contributed by atoms with Crippen LogP contribution in [-0.2, 0) is 13.1 Å². The zero-order chi connectivity index (χ0) is 51.8. The van der Waals surface area contributed by atoms with Gasteiger partial charge in [0, 0.05) is 51.5 Å². The molecule has 0 aliphatic carbocycles. The molecule has 2 N–H and O–H groups in total. The number of nitrogen functional groups attached to an aromatic ring is 1. The van der Waals surface area contributed by atoms with E-state index in [0.29, 0.717) is 46.7 Å². The Bertz CT molecular complexity index is 3730. The molecule has 0 bridgehead atoms. The van der Waals surface area contributed by atoms with Gasteiger partial charge in [0.25, 0.3) is 22.5 Å². The molecule has 0 saturated heterocycles. The van der Waals surface area contributed by atoms with E-state index in [9.17, 15) is 39.4 Å². The number of nitrogens with zero attached hydrogens (tertiary/aromatic N) is 14. The van der Waals surface area contributed by atoms with Crippen LogP contribution in [0.1, 0.15) is 37.8 Å². The zero-order valence-electron chi connectivity index (χ0n) is 39.1. The highest BCUT2D eigenvalue weighted by Crippen LogP contribution is 2.31. The number of nitro benzene ring substituents is 2. The maximum Gasteiger partial charge on any atom is 0.337 e. The Balaban J connectivity index is 0.000000213. The Morgan fingerprint density at radius 3 is 1.50 bits per heavy atom. The molecule has 0 amide bonds. The van der Waals surface area contributed by atoms with Gasteiger partial charge in [-0.3, -0.25) is 39.0 Å². The maximum atomic E-state index is 13.9. The summed E-state index contributed by atoms with van der Waals surface area (Å²) in [6.45, 7) is 3.91. The van der Waals surface area contributed by atoms with E-state index < -0.39 is 32.3 Å². The minimum Gasteiger partial charge on any atom is -0.384 e. The number of nitro groups is 2. The zero-order valence-corrected chi connectivity index (χ0v) is 39.1. The third-order valence-corrected chi connectivity index (χ3v) is 10.9. The van der Waals surface area contributed by atoms with Crippen LogP contribution in [0.4, 0.5) is 23.0 Å². The van der Waals surface area contributed by atoms with Gasteiger partial charge in [0.05, 0.1) is 86.0 Å². The summed E-state index contributed by atoms with van der Waals surface area (Å²) in [6.07, 6.45) is 5.44. The summed E-state index contributed by atoms with van der Waals surface area (Å²) in [5.41, 5.74) is 6.65. The van der Waals surface area contributed by atoms with Crippen LogP contribution >= 0.6 is 0 Å². The molecule has 4 heterocycles. The number of benzene rings is 4. The minimum atomic E-state index is -0.696. The lowest BCUT2D eigenvalue weighted by molar-refractivity contribution is -0.385. The van der Waals surface area contributed by atoms with Crippen LogP contribution in [0.3, 0.4) is 0 Å². The van der Waals surface area contributed by atoms with Gasteiger partial charge in [-0.2, -0.15) is 20.7 Å². The van der Waals surface area contributed by atoms with Gasteiger partial charge in [-0.05, 0) is 85.6 Å². The second-order valence-electron chi connectivity index (χ2n) is 15.9. The SMILES string of the molecule is CCCn1c(=O)c(-c2ccnn2-c2ccc(C#N)cc2)c(N)n(-c2cccc([N+](=O)[O-])c2)c1=O.CCCn1c(=O)c(-c2ccnn2-c2ccc(C#N)cc2)c(N=CN(C)C)n(-c2cccc([N+](=O)[O-])c2)c1=O. The molecule has 4 aromatic heterocycles. The lowest BCUT2D eigenvalue weighted by atomic mass is 10.1. The van der Waals surface area contributed by atoms with Crippen molar-refractivity contribution >= 4 is 29.3 Å². The van der Waals surface area contributed by atoms with E-state index in [0.717, 1.165) is 13.7 Å². The Morgan fingerprint density at radius 1 is 0.639 bits per heavy atom. The standard InChI is InChI=1S/C26H24N8O4.C23H19N7O4/c1-4-14-31-25(35)23(22-12-13-29-33(22)19-10-8-18(16-27)9-11-19)24(28-17-30(2)3)32(26(31)36)20-6-5-7-21(15-20)34(37)38;1-2-12-27-22(31)20(19-10-11-26-29(19)16-8-6-15(14-24)7-9-16)21(25)28(23(27)32)17-4-3-5-18(13-17)30(33)34/h5-13,15,17H,4,14H2,1-3H3;3-11,13H,2,12,25H2,1H3. The van der Waals surface area contributed by atoms with Gasteiger partial charge in [-0.15, -0.1) is 0 Å². The van der Waals surface area contributed by atoms with Gasteiger partial charge in [-0.25, -0.2) is 33.1 Å². The first kappa shape index (κ1) is 49.6. The number of hydrogen-bond acceptors (Lipinski definition) is 14. The van der Waals surface area contributed by atoms with Gasteiger partial charge in [0.15, 0.2) is 5.82 Å². The first-order valence-corrected chi connectivity index (χ1v) is 22.0. The Morgan fingerprint density at radius 2 is 1.07 bits per heavy atom. The average Bonchev–Trinajstić information content (AvgIpc) is 4.07. The van der Waals surface area contributed by atoms with Crippen molar-refractivity contribution in [1.82, 2.24) is 42.7 Å². The molecule has 72 heavy (non-hydrogen) atoms. The van der Waals surface area contributed by atoms with Gasteiger partial charge in [0.2, 0.25) is 0 Å². The monoisotopic (exact) mass is 969 g/mol. The summed E-state index contributed by atoms with van der Waals surface area (Å²) >= 11 is 0. The van der Waals surface area contributed by atoms with Crippen molar-refractivity contribution in [3.8, 4) is 57.4 Å². The molecule has 0 atom stereocenters. The van der Waals surface area contributed by atoms with Crippen LogP contribution in [0.5, 0.6) is 0 Å². The largest absolute Gasteiger partial charge is 0.384 e. The molecule has 0 unspecified atom stereocenters. The molecule has 8 aromatic rings. The number of nitrogens with two attached hydrogens (primary N) is 1. The third-order valence-electron chi connectivity index (χ3n) is 10.9. The van der Waals surface area contributed by atoms with Crippen molar-refractivity contribution < 1.29 is 9.85 Å². The summed E-state index contributed by atoms with van der Waals surface area (Å²) in [5, 5.41) is 49.7. The van der Waals surface area contributed by atoms with Crippen molar-refractivity contribution in [2.45, 2.75) is 39.8 Å². The fraction of sp³-hybridized carbons (Fsp3) is 0.163. The number of aromatic nitrogens is 8. The van der Waals surface area contributed by atoms with E-state index in [1.807, 2.05) is 19.9 Å². The molecule has 0 aliphatic rings. The number of aliphatic imine (C=N–C) groups is 1. The Kier molecular flexibility index (Phi) is 14.7. The summed E-state index contributed by atoms with van der Waals surface area (Å²) < 4.78 is 7.45. The molecule has 23 nitrogen and oxygen atoms in total. The van der Waals surface area contributed by atoms with Crippen LogP contribution in [0.15, 0.2) is 146 Å². The fourth-order valence-electron chi connectivity index (χ4n) is 7.63. The Hall–Kier alpha value is -10.3. The number of non-ortho nitro benzene ring substituents is 2. The molecule has 0 spiro atoms. The molecule has 4 aromatic carbocycles. The minimum absolute atomic E-state index is 0.00283. The molecule has 23 heteroatoms. The van der Waals surface area contributed by atoms with Crippen molar-refractivity contribution in [2.75, 3.05) is 19.8 Å². The van der Waals surface area contributed by atoms with E-state index in [-0.39, 0.29) is 58.6 Å². The van der Waals surface area contributed by atoms with Crippen LogP contribution < -0.4 is 28.2 Å². The number of anilines is 1. The Labute approximate surface area is 408 Å². The molecule has 0 aliphatic heterocycles. The first-order valence-electron chi connectivity index (χ1n) is 22.0. The van der Waals surface area contributed by atoms with Gasteiger partial charge in [0.1, 0.15) is 16.9 Å². The topological polar surface area (TPSA) is 299 Å². The molecule has 0 saturated carbocycles. The highest BCUT2D eigenvalue weighted by Gasteiger charge is 2.26. The van der Waals surface area contributed by atoms with Crippen LogP contribution in [-0.4, -0.2) is 73.0 Å². The van der Waals surface area contributed by atoms with E-state index >= 15 is 0 Å². The van der Waals surface area contributed by atoms with Gasteiger partial charge >= 0.3 is 11.4 Å². The van der Waals surface area contributed by atoms with Crippen LogP contribution in [0.25, 0.3) is 45.3 Å². The van der Waals surface area contributed by atoms with Crippen LogP contribution in [0, 0.1) is 42.9 Å². The maximum absolute atomic E-state index is 13.9. The molecule has 0 fully saturated rings. The smallest absolute Gasteiger partial charge is 0.337 e. The second kappa shape index (κ2) is 21.3. The molecule has 0 radical (unpaired) electrons. The van der Waals surface area contributed by atoms with E-state index in [1.54, 1.807) is 85.7 Å². The quantitative estimate of drug-likeness (QED) is 0.0575. The molecule has 8 rings (SSSR count). The van der Waals surface area contributed by atoms with Crippen molar-refractivity contribution in [3.63, 3.8) is 0 Å². The summed E-state index contributed by atoms with van der Waals surface area (Å²) in [4.78, 5) is 82.0. The molecular formula is C49H43N15O8. The van der Waals surface area contributed by atoms with Crippen molar-refractivity contribution in [2.24, 2.45) is 4.99 Å². The van der Waals surface area contributed by atoms with Gasteiger partial charge in [-0.1, -0.05) is 26.0 Å². The number of rotatable bonds is 14. The van der Waals surface area contributed by atoms with Crippen molar-refractivity contribution in [3.05, 3.63) is 195 Å². The summed E-state index contributed by atoms with van der Waals surface area (Å²) in [5.74, 6) is -0.171. The third kappa shape index (κ3) is 9.83. The van der Waals surface area contributed by atoms with Crippen molar-refractivity contribution in [1.29, 1.82) is 10.5 Å².